The molecule has 0 N–H and O–H groups in total. The van der Waals surface area contributed by atoms with Crippen molar-refractivity contribution >= 4 is 27.6 Å². The quantitative estimate of drug-likeness (QED) is 0.505. The Hall–Kier alpha value is -2.88. The topological polar surface area (TPSA) is 43.0 Å². The lowest BCUT2D eigenvalue weighted by Gasteiger charge is -2.13. The molecule has 4 aromatic rings. The van der Waals surface area contributed by atoms with E-state index in [9.17, 15) is 9.59 Å². The van der Waals surface area contributed by atoms with Gasteiger partial charge in [0.1, 0.15) is 0 Å². The van der Waals surface area contributed by atoms with E-state index in [2.05, 4.69) is 0 Å². The van der Waals surface area contributed by atoms with Crippen LogP contribution in [-0.4, -0.2) is 14.8 Å². The Morgan fingerprint density at radius 2 is 1.41 bits per heavy atom. The molecule has 0 spiro atoms. The summed E-state index contributed by atoms with van der Waals surface area (Å²) in [6.45, 7) is 3.45. The largest absolute Gasteiger partial charge is 0.294 e. The van der Waals surface area contributed by atoms with E-state index in [4.69, 9.17) is 0 Å². The molecular formula is C18H14N2O2. The van der Waals surface area contributed by atoms with Gasteiger partial charge in [0.2, 0.25) is 0 Å². The van der Waals surface area contributed by atoms with E-state index in [-0.39, 0.29) is 11.3 Å². The Labute approximate surface area is 126 Å². The zero-order chi connectivity index (χ0) is 15.4. The molecule has 4 heteroatoms. The summed E-state index contributed by atoms with van der Waals surface area (Å²) in [4.78, 5) is 25.0. The highest BCUT2D eigenvalue weighted by Gasteiger charge is 2.18. The minimum absolute atomic E-state index is 0.00132. The van der Waals surface area contributed by atoms with Crippen molar-refractivity contribution in [1.82, 2.24) is 9.03 Å². The molecule has 2 heterocycles. The van der Waals surface area contributed by atoms with Crippen LogP contribution in [-0.2, 0) is 0 Å². The number of fused-ring (bicyclic) bond motifs is 5. The molecule has 0 radical (unpaired) electrons. The monoisotopic (exact) mass is 290 g/mol. The molecular weight excluding hydrogens is 276 g/mol. The van der Waals surface area contributed by atoms with Crippen LogP contribution in [0.2, 0.25) is 0 Å². The minimum atomic E-state index is -0.0648. The lowest BCUT2D eigenvalue weighted by molar-refractivity contribution is 0.101. The van der Waals surface area contributed by atoms with Crippen LogP contribution in [0.5, 0.6) is 0 Å². The molecule has 0 fully saturated rings. The van der Waals surface area contributed by atoms with Crippen LogP contribution in [0.3, 0.4) is 0 Å². The highest BCUT2D eigenvalue weighted by atomic mass is 16.1. The van der Waals surface area contributed by atoms with Crippen molar-refractivity contribution in [3.63, 3.8) is 0 Å². The Bertz CT molecular complexity index is 1130. The van der Waals surface area contributed by atoms with Crippen LogP contribution in [0.25, 0.3) is 21.8 Å². The third-order valence-electron chi connectivity index (χ3n) is 4.19. The van der Waals surface area contributed by atoms with Gasteiger partial charge in [-0.05, 0) is 32.0 Å². The van der Waals surface area contributed by atoms with E-state index in [0.717, 1.165) is 22.1 Å². The zero-order valence-electron chi connectivity index (χ0n) is 12.3. The number of para-hydroxylation sites is 2. The van der Waals surface area contributed by atoms with Gasteiger partial charge in [-0.25, -0.2) is 9.03 Å². The summed E-state index contributed by atoms with van der Waals surface area (Å²) in [7, 11) is 0. The summed E-state index contributed by atoms with van der Waals surface area (Å²) in [5.74, 6) is 0.00132. The van der Waals surface area contributed by atoms with E-state index in [0.29, 0.717) is 10.9 Å². The van der Waals surface area contributed by atoms with Gasteiger partial charge in [-0.1, -0.05) is 30.3 Å². The predicted octanol–water partition coefficient (Wildman–Crippen LogP) is 3.22. The molecule has 0 atom stereocenters. The summed E-state index contributed by atoms with van der Waals surface area (Å²) >= 11 is 0. The van der Waals surface area contributed by atoms with Crippen LogP contribution in [0, 0.1) is 6.92 Å². The molecule has 108 valence electrons. The average Bonchev–Trinajstić information content (AvgIpc) is 2.82. The number of carbonyl (C=O) groups is 1. The molecule has 2 aromatic heterocycles. The summed E-state index contributed by atoms with van der Waals surface area (Å²) in [5.41, 5.74) is 2.95. The first-order valence-electron chi connectivity index (χ1n) is 7.16. The third kappa shape index (κ3) is 1.46. The van der Waals surface area contributed by atoms with Crippen molar-refractivity contribution in [2.75, 3.05) is 0 Å². The molecule has 0 saturated heterocycles. The van der Waals surface area contributed by atoms with Crippen LogP contribution in [0.4, 0.5) is 0 Å². The van der Waals surface area contributed by atoms with Gasteiger partial charge in [-0.2, -0.15) is 0 Å². The molecule has 22 heavy (non-hydrogen) atoms. The van der Waals surface area contributed by atoms with Crippen LogP contribution in [0.15, 0.2) is 53.3 Å². The molecule has 0 aliphatic carbocycles. The first-order chi connectivity index (χ1) is 10.6. The fraction of sp³-hybridized carbons (Fsp3) is 0.111. The normalized spacial score (nSPS) is 11.5. The summed E-state index contributed by atoms with van der Waals surface area (Å²) < 4.78 is 3.50. The highest BCUT2D eigenvalue weighted by molar-refractivity contribution is 6.07. The van der Waals surface area contributed by atoms with E-state index in [1.807, 2.05) is 60.0 Å². The van der Waals surface area contributed by atoms with Gasteiger partial charge in [-0.15, -0.1) is 0 Å². The zero-order valence-corrected chi connectivity index (χ0v) is 12.3. The first-order valence-corrected chi connectivity index (χ1v) is 7.16. The van der Waals surface area contributed by atoms with E-state index in [1.165, 1.54) is 0 Å². The standard InChI is InChI=1S/C18H14N2O2/c1-11-17(12(2)21)13-7-3-5-9-15(13)20-18(22)14-8-4-6-10-16(14)19(11)20/h3-10H,1-2H3. The third-order valence-corrected chi connectivity index (χ3v) is 4.19. The molecule has 0 saturated carbocycles. The Morgan fingerprint density at radius 1 is 0.864 bits per heavy atom. The van der Waals surface area contributed by atoms with Gasteiger partial charge in [0.15, 0.2) is 5.78 Å². The fourth-order valence-electron chi connectivity index (χ4n) is 3.31. The number of ketones is 1. The minimum Gasteiger partial charge on any atom is -0.294 e. The first kappa shape index (κ1) is 12.8. The SMILES string of the molecule is CC(=O)c1c(C)n2c3ccccc3c(=O)n2c2ccccc12. The fourth-order valence-corrected chi connectivity index (χ4v) is 3.31. The number of benzene rings is 2. The molecule has 0 unspecified atom stereocenters. The number of rotatable bonds is 1. The summed E-state index contributed by atoms with van der Waals surface area (Å²) in [5, 5.41) is 1.46. The van der Waals surface area contributed by atoms with E-state index in [1.54, 1.807) is 11.4 Å². The van der Waals surface area contributed by atoms with Gasteiger partial charge in [0, 0.05) is 16.6 Å². The number of hydrogen-bond donors (Lipinski definition) is 0. The van der Waals surface area contributed by atoms with Crippen LogP contribution < -0.4 is 5.56 Å². The van der Waals surface area contributed by atoms with Crippen molar-refractivity contribution in [1.29, 1.82) is 0 Å². The van der Waals surface area contributed by atoms with E-state index < -0.39 is 0 Å². The van der Waals surface area contributed by atoms with Crippen LogP contribution in [0.1, 0.15) is 23.0 Å². The highest BCUT2D eigenvalue weighted by Crippen LogP contribution is 2.24. The number of carbonyl (C=O) groups excluding carboxylic acids is 1. The lowest BCUT2D eigenvalue weighted by atomic mass is 10.0. The second kappa shape index (κ2) is 4.31. The number of aromatic nitrogens is 2. The smallest absolute Gasteiger partial charge is 0.279 e. The molecule has 0 aliphatic heterocycles. The molecule has 4 rings (SSSR count). The van der Waals surface area contributed by atoms with Gasteiger partial charge in [-0.3, -0.25) is 9.59 Å². The van der Waals surface area contributed by atoms with Gasteiger partial charge < -0.3 is 0 Å². The Kier molecular flexibility index (Phi) is 2.51. The molecule has 0 amide bonds. The Morgan fingerprint density at radius 3 is 2.05 bits per heavy atom. The maximum Gasteiger partial charge on any atom is 0.279 e. The van der Waals surface area contributed by atoms with Crippen molar-refractivity contribution in [2.45, 2.75) is 13.8 Å². The number of nitrogens with zero attached hydrogens (tertiary/aromatic N) is 2. The number of Topliss-reactive ketones (excluding diaryl/α,β-unsaturated/α-hetero) is 1. The van der Waals surface area contributed by atoms with Gasteiger partial charge in [0.05, 0.1) is 16.4 Å². The maximum absolute atomic E-state index is 12.8. The molecule has 4 nitrogen and oxygen atoms in total. The predicted molar refractivity (Wildman–Crippen MR) is 86.9 cm³/mol. The van der Waals surface area contributed by atoms with E-state index >= 15 is 0 Å². The van der Waals surface area contributed by atoms with Crippen molar-refractivity contribution in [3.8, 4) is 0 Å². The number of aryl methyl sites for hydroxylation is 1. The number of hydrogen-bond acceptors (Lipinski definition) is 2. The maximum atomic E-state index is 12.8. The van der Waals surface area contributed by atoms with Crippen molar-refractivity contribution in [3.05, 3.63) is 70.1 Å². The average molecular weight is 290 g/mol. The van der Waals surface area contributed by atoms with Crippen LogP contribution >= 0.6 is 0 Å². The second-order valence-corrected chi connectivity index (χ2v) is 5.48. The Balaban J connectivity index is 2.47. The molecule has 0 aliphatic rings. The molecule has 2 aromatic carbocycles. The summed E-state index contributed by atoms with van der Waals surface area (Å²) in [6.07, 6.45) is 0. The van der Waals surface area contributed by atoms with Gasteiger partial charge in [0.25, 0.3) is 5.56 Å². The van der Waals surface area contributed by atoms with Gasteiger partial charge >= 0.3 is 0 Å². The summed E-state index contributed by atoms with van der Waals surface area (Å²) in [6, 6.07) is 15.0. The second-order valence-electron chi connectivity index (χ2n) is 5.48. The molecule has 0 bridgehead atoms. The lowest BCUT2D eigenvalue weighted by Crippen LogP contribution is -2.17. The van der Waals surface area contributed by atoms with Crippen molar-refractivity contribution < 1.29 is 4.79 Å². The van der Waals surface area contributed by atoms with Crippen molar-refractivity contribution in [2.24, 2.45) is 0 Å².